The molecule has 0 fully saturated rings. The molecule has 1 unspecified atom stereocenters. The van der Waals surface area contributed by atoms with Gasteiger partial charge in [0.25, 0.3) is 0 Å². The third kappa shape index (κ3) is 11.5. The van der Waals surface area contributed by atoms with Gasteiger partial charge in [0.15, 0.2) is 0 Å². The molecule has 2 N–H and O–H groups in total. The number of thioether (sulfide) groups is 1. The number of rotatable bonds is 9. The van der Waals surface area contributed by atoms with Crippen LogP contribution in [0.5, 0.6) is 0 Å². The summed E-state index contributed by atoms with van der Waals surface area (Å²) in [4.78, 5) is 9.97. The molecule has 0 aromatic heterocycles. The Balaban J connectivity index is 0. The van der Waals surface area contributed by atoms with E-state index in [1.54, 1.807) is 28.3 Å². The van der Waals surface area contributed by atoms with Gasteiger partial charge in [-0.2, -0.15) is 11.8 Å². The first kappa shape index (κ1) is 22.0. The molecule has 0 heterocycles. The number of primary amides is 1. The molecule has 0 aliphatic rings. The van der Waals surface area contributed by atoms with Crippen molar-refractivity contribution in [1.29, 1.82) is 0 Å². The largest absolute Gasteiger partial charge is 0.500 e. The molecular formula is C12H29NO5SSi. The molecule has 0 aliphatic carbocycles. The minimum atomic E-state index is -2.27. The van der Waals surface area contributed by atoms with Crippen LogP contribution in [0.25, 0.3) is 0 Å². The fourth-order valence-electron chi connectivity index (χ4n) is 1.27. The Morgan fingerprint density at radius 3 is 2.00 bits per heavy atom. The molecule has 8 heteroatoms. The van der Waals surface area contributed by atoms with Crippen LogP contribution in [0, 0.1) is 0 Å². The monoisotopic (exact) mass is 327 g/mol. The SMILES string of the molecule is CCC(C)OC(N)=O.CO[Si](CCCSC)(OC)OC. The number of ether oxygens (including phenoxy) is 1. The highest BCUT2D eigenvalue weighted by atomic mass is 32.2. The van der Waals surface area contributed by atoms with Crippen molar-refractivity contribution in [1.82, 2.24) is 0 Å². The standard InChI is InChI=1S/C7H18O3SSi.C5H11NO2/c1-8-12(9-2,10-3)7-5-6-11-4;1-3-4(2)8-5(6)7/h5-7H2,1-4H3;4H,3H2,1-2H3,(H2,6,7). The quantitative estimate of drug-likeness (QED) is 0.518. The van der Waals surface area contributed by atoms with Gasteiger partial charge in [0.1, 0.15) is 6.10 Å². The van der Waals surface area contributed by atoms with Crippen LogP contribution in [0.1, 0.15) is 26.7 Å². The predicted molar refractivity (Wildman–Crippen MR) is 85.0 cm³/mol. The van der Waals surface area contributed by atoms with E-state index in [1.807, 2.05) is 18.7 Å². The Bertz CT molecular complexity index is 234. The summed E-state index contributed by atoms with van der Waals surface area (Å²) in [5, 5.41) is 0. The van der Waals surface area contributed by atoms with Crippen LogP contribution in [0.4, 0.5) is 4.79 Å². The second-order valence-electron chi connectivity index (χ2n) is 4.05. The first-order valence-electron chi connectivity index (χ1n) is 6.51. The number of nitrogens with two attached hydrogens (primary N) is 1. The van der Waals surface area contributed by atoms with Gasteiger partial charge in [0, 0.05) is 27.4 Å². The first-order chi connectivity index (χ1) is 9.41. The molecule has 6 nitrogen and oxygen atoms in total. The molecule has 122 valence electrons. The molecule has 20 heavy (non-hydrogen) atoms. The van der Waals surface area contributed by atoms with Crippen LogP contribution in [-0.2, 0) is 18.0 Å². The van der Waals surface area contributed by atoms with E-state index >= 15 is 0 Å². The van der Waals surface area contributed by atoms with Crippen LogP contribution >= 0.6 is 11.8 Å². The molecule has 0 saturated carbocycles. The summed E-state index contributed by atoms with van der Waals surface area (Å²) in [7, 11) is 2.69. The number of carbonyl (C=O) groups excluding carboxylic acids is 1. The highest BCUT2D eigenvalue weighted by molar-refractivity contribution is 7.98. The molecule has 0 bridgehead atoms. The fraction of sp³-hybridized carbons (Fsp3) is 0.917. The van der Waals surface area contributed by atoms with Gasteiger partial charge in [-0.1, -0.05) is 6.92 Å². The van der Waals surface area contributed by atoms with Gasteiger partial charge in [-0.3, -0.25) is 0 Å². The summed E-state index contributed by atoms with van der Waals surface area (Å²) in [6.07, 6.45) is 3.24. The second-order valence-corrected chi connectivity index (χ2v) is 8.12. The number of hydrogen-bond donors (Lipinski definition) is 1. The highest BCUT2D eigenvalue weighted by Gasteiger charge is 2.36. The van der Waals surface area contributed by atoms with Crippen LogP contribution in [0.15, 0.2) is 0 Å². The third-order valence-corrected chi connectivity index (χ3v) is 6.19. The maximum absolute atomic E-state index is 9.97. The lowest BCUT2D eigenvalue weighted by Gasteiger charge is -2.23. The smallest absolute Gasteiger partial charge is 0.447 e. The van der Waals surface area contributed by atoms with Crippen molar-refractivity contribution in [3.63, 3.8) is 0 Å². The number of carbonyl (C=O) groups is 1. The maximum atomic E-state index is 9.97. The summed E-state index contributed by atoms with van der Waals surface area (Å²) < 4.78 is 20.3. The van der Waals surface area contributed by atoms with E-state index in [-0.39, 0.29) is 6.10 Å². The van der Waals surface area contributed by atoms with Crippen molar-refractivity contribution in [2.24, 2.45) is 5.73 Å². The molecule has 1 amide bonds. The van der Waals surface area contributed by atoms with Crippen LogP contribution in [-0.4, -0.2) is 54.3 Å². The number of hydrogen-bond acceptors (Lipinski definition) is 6. The Labute approximate surface area is 128 Å². The van der Waals surface area contributed by atoms with Gasteiger partial charge in [-0.05, 0) is 31.8 Å². The molecule has 1 atom stereocenters. The highest BCUT2D eigenvalue weighted by Crippen LogP contribution is 2.16. The van der Waals surface area contributed by atoms with Crippen molar-refractivity contribution >= 4 is 26.7 Å². The van der Waals surface area contributed by atoms with Crippen LogP contribution < -0.4 is 5.73 Å². The Hall–Kier alpha value is -0.283. The Kier molecular flexibility index (Phi) is 15.1. The zero-order valence-corrected chi connectivity index (χ0v) is 15.2. The lowest BCUT2D eigenvalue weighted by Crippen LogP contribution is -2.42. The molecule has 0 aromatic rings. The lowest BCUT2D eigenvalue weighted by atomic mass is 10.3. The van der Waals surface area contributed by atoms with Crippen molar-refractivity contribution < 1.29 is 22.8 Å². The van der Waals surface area contributed by atoms with Crippen molar-refractivity contribution in [2.75, 3.05) is 33.3 Å². The van der Waals surface area contributed by atoms with E-state index in [1.165, 1.54) is 0 Å². The molecule has 0 spiro atoms. The van der Waals surface area contributed by atoms with Gasteiger partial charge in [-0.15, -0.1) is 0 Å². The minimum absolute atomic E-state index is 0.0486. The van der Waals surface area contributed by atoms with Gasteiger partial charge in [0.2, 0.25) is 0 Å². The Morgan fingerprint density at radius 1 is 1.25 bits per heavy atom. The predicted octanol–water partition coefficient (Wildman–Crippen LogP) is 2.50. The van der Waals surface area contributed by atoms with Crippen LogP contribution in [0.2, 0.25) is 6.04 Å². The van der Waals surface area contributed by atoms with Gasteiger partial charge >= 0.3 is 14.9 Å². The first-order valence-corrected chi connectivity index (χ1v) is 9.84. The zero-order valence-electron chi connectivity index (χ0n) is 13.4. The maximum Gasteiger partial charge on any atom is 0.500 e. The molecule has 0 saturated heterocycles. The molecule has 0 aliphatic heterocycles. The van der Waals surface area contributed by atoms with E-state index in [2.05, 4.69) is 11.0 Å². The van der Waals surface area contributed by atoms with Crippen LogP contribution in [0.3, 0.4) is 0 Å². The normalized spacial score (nSPS) is 12.3. The molecule has 0 radical (unpaired) electrons. The average molecular weight is 328 g/mol. The van der Waals surface area contributed by atoms with Crippen molar-refractivity contribution in [3.8, 4) is 0 Å². The van der Waals surface area contributed by atoms with Crippen molar-refractivity contribution in [2.45, 2.75) is 38.8 Å². The topological polar surface area (TPSA) is 80.0 Å². The molecular weight excluding hydrogens is 298 g/mol. The van der Waals surface area contributed by atoms with Gasteiger partial charge < -0.3 is 23.7 Å². The minimum Gasteiger partial charge on any atom is -0.447 e. The average Bonchev–Trinajstić information content (AvgIpc) is 2.44. The summed E-state index contributed by atoms with van der Waals surface area (Å²) >= 11 is 1.83. The van der Waals surface area contributed by atoms with E-state index in [4.69, 9.17) is 19.0 Å². The fourth-order valence-corrected chi connectivity index (χ4v) is 3.68. The third-order valence-electron chi connectivity index (χ3n) is 2.66. The van der Waals surface area contributed by atoms with E-state index in [0.717, 1.165) is 24.6 Å². The molecule has 0 aromatic carbocycles. The van der Waals surface area contributed by atoms with Gasteiger partial charge in [-0.25, -0.2) is 4.79 Å². The zero-order chi connectivity index (χ0) is 16.0. The summed E-state index contributed by atoms with van der Waals surface area (Å²) in [5.74, 6) is 1.13. The number of amides is 1. The summed E-state index contributed by atoms with van der Waals surface area (Å²) in [6.45, 7) is 3.72. The van der Waals surface area contributed by atoms with E-state index in [0.29, 0.717) is 0 Å². The Morgan fingerprint density at radius 2 is 1.75 bits per heavy atom. The molecule has 0 rings (SSSR count). The summed E-state index contributed by atoms with van der Waals surface area (Å²) in [6, 6.07) is 0.900. The van der Waals surface area contributed by atoms with E-state index < -0.39 is 14.9 Å². The lowest BCUT2D eigenvalue weighted by molar-refractivity contribution is 0.114. The second kappa shape index (κ2) is 13.7. The van der Waals surface area contributed by atoms with Crippen molar-refractivity contribution in [3.05, 3.63) is 0 Å². The summed E-state index contributed by atoms with van der Waals surface area (Å²) in [5.41, 5.74) is 4.71. The van der Waals surface area contributed by atoms with E-state index in [9.17, 15) is 4.79 Å². The van der Waals surface area contributed by atoms with Gasteiger partial charge in [0.05, 0.1) is 0 Å².